The molecule has 0 aliphatic rings. The zero-order valence-corrected chi connectivity index (χ0v) is 8.16. The summed E-state index contributed by atoms with van der Waals surface area (Å²) in [6, 6.07) is -0.124. The number of unbranched alkanes of at least 4 members (excludes halogenated alkanes) is 2. The van der Waals surface area contributed by atoms with E-state index in [-0.39, 0.29) is 12.1 Å². The molecule has 72 valence electrons. The van der Waals surface area contributed by atoms with Crippen LogP contribution in [0.25, 0.3) is 0 Å². The minimum Gasteiger partial charge on any atom is -0.391 e. The van der Waals surface area contributed by atoms with Crippen molar-refractivity contribution in [3.05, 3.63) is 12.2 Å². The number of rotatable bonds is 6. The molecule has 0 heterocycles. The molecule has 2 nitrogen and oxygen atoms in total. The highest BCUT2D eigenvalue weighted by molar-refractivity contribution is 4.85. The first-order chi connectivity index (χ1) is 5.68. The molecule has 2 heteroatoms. The van der Waals surface area contributed by atoms with Crippen molar-refractivity contribution in [1.82, 2.24) is 0 Å². The van der Waals surface area contributed by atoms with E-state index in [1.165, 1.54) is 12.8 Å². The van der Waals surface area contributed by atoms with Crippen LogP contribution >= 0.6 is 0 Å². The lowest BCUT2D eigenvalue weighted by Gasteiger charge is -2.10. The maximum Gasteiger partial charge on any atom is 0.0722 e. The standard InChI is InChI=1S/C10H21NO/c1-3-4-5-6-7-8-10(12)9(2)11/h6-7,9-10,12H,3-5,8,11H2,1-2H3/b7-6+/t9-,10+/m0/s1. The van der Waals surface area contributed by atoms with Gasteiger partial charge in [0.15, 0.2) is 0 Å². The van der Waals surface area contributed by atoms with Crippen LogP contribution < -0.4 is 5.73 Å². The van der Waals surface area contributed by atoms with Crippen LogP contribution in [0.2, 0.25) is 0 Å². The SMILES string of the molecule is CCCC/C=C/C[C@@H](O)[C@H](C)N. The second-order valence-corrected chi connectivity index (χ2v) is 3.28. The van der Waals surface area contributed by atoms with Crippen molar-refractivity contribution < 1.29 is 5.11 Å². The van der Waals surface area contributed by atoms with E-state index in [9.17, 15) is 5.11 Å². The topological polar surface area (TPSA) is 46.2 Å². The highest BCUT2D eigenvalue weighted by Gasteiger charge is 2.05. The van der Waals surface area contributed by atoms with E-state index in [1.54, 1.807) is 0 Å². The molecule has 12 heavy (non-hydrogen) atoms. The van der Waals surface area contributed by atoms with Gasteiger partial charge in [-0.1, -0.05) is 31.9 Å². The average Bonchev–Trinajstić information content (AvgIpc) is 2.03. The monoisotopic (exact) mass is 171 g/mol. The number of aliphatic hydroxyl groups excluding tert-OH is 1. The van der Waals surface area contributed by atoms with Gasteiger partial charge in [-0.15, -0.1) is 0 Å². The molecule has 0 aromatic rings. The van der Waals surface area contributed by atoms with E-state index in [0.717, 1.165) is 6.42 Å². The van der Waals surface area contributed by atoms with Crippen LogP contribution in [0.3, 0.4) is 0 Å². The number of nitrogens with two attached hydrogens (primary N) is 1. The minimum atomic E-state index is -0.386. The first kappa shape index (κ1) is 11.7. The summed E-state index contributed by atoms with van der Waals surface area (Å²) in [5.41, 5.74) is 5.49. The second-order valence-electron chi connectivity index (χ2n) is 3.28. The second kappa shape index (κ2) is 7.32. The number of aliphatic hydroxyl groups is 1. The molecular weight excluding hydrogens is 150 g/mol. The van der Waals surface area contributed by atoms with Crippen LogP contribution in [0.5, 0.6) is 0 Å². The molecule has 0 unspecified atom stereocenters. The molecule has 0 aromatic heterocycles. The smallest absolute Gasteiger partial charge is 0.0722 e. The van der Waals surface area contributed by atoms with Crippen LogP contribution in [-0.2, 0) is 0 Å². The minimum absolute atomic E-state index is 0.124. The van der Waals surface area contributed by atoms with Crippen LogP contribution in [0.15, 0.2) is 12.2 Å². The lowest BCUT2D eigenvalue weighted by molar-refractivity contribution is 0.154. The molecular formula is C10H21NO. The van der Waals surface area contributed by atoms with Crippen LogP contribution in [0.4, 0.5) is 0 Å². The van der Waals surface area contributed by atoms with Gasteiger partial charge in [0.05, 0.1) is 6.10 Å². The van der Waals surface area contributed by atoms with Gasteiger partial charge < -0.3 is 10.8 Å². The third-order valence-electron chi connectivity index (χ3n) is 1.88. The zero-order valence-electron chi connectivity index (χ0n) is 8.16. The highest BCUT2D eigenvalue weighted by Crippen LogP contribution is 2.00. The Balaban J connectivity index is 3.33. The molecule has 0 saturated carbocycles. The predicted octanol–water partition coefficient (Wildman–Crippen LogP) is 1.83. The molecule has 0 spiro atoms. The summed E-state index contributed by atoms with van der Waals surface area (Å²) in [5, 5.41) is 9.31. The third-order valence-corrected chi connectivity index (χ3v) is 1.88. The quantitative estimate of drug-likeness (QED) is 0.473. The van der Waals surface area contributed by atoms with Gasteiger partial charge in [-0.3, -0.25) is 0 Å². The molecule has 0 radical (unpaired) electrons. The average molecular weight is 171 g/mol. The van der Waals surface area contributed by atoms with Crippen molar-refractivity contribution in [2.45, 2.75) is 51.7 Å². The van der Waals surface area contributed by atoms with Crippen molar-refractivity contribution in [3.8, 4) is 0 Å². The summed E-state index contributed by atoms with van der Waals surface area (Å²) in [6.45, 7) is 4.00. The largest absolute Gasteiger partial charge is 0.391 e. The molecule has 3 N–H and O–H groups in total. The van der Waals surface area contributed by atoms with E-state index < -0.39 is 0 Å². The van der Waals surface area contributed by atoms with E-state index in [0.29, 0.717) is 6.42 Å². The zero-order chi connectivity index (χ0) is 9.40. The Hall–Kier alpha value is -0.340. The van der Waals surface area contributed by atoms with Gasteiger partial charge in [-0.2, -0.15) is 0 Å². The first-order valence-electron chi connectivity index (χ1n) is 4.77. The van der Waals surface area contributed by atoms with Gasteiger partial charge in [-0.25, -0.2) is 0 Å². The van der Waals surface area contributed by atoms with E-state index in [2.05, 4.69) is 13.0 Å². The third kappa shape index (κ3) is 6.38. The van der Waals surface area contributed by atoms with E-state index in [4.69, 9.17) is 5.73 Å². The number of hydrogen-bond donors (Lipinski definition) is 2. The molecule has 2 atom stereocenters. The van der Waals surface area contributed by atoms with Gasteiger partial charge in [-0.05, 0) is 19.8 Å². The molecule has 0 bridgehead atoms. The molecule has 0 aliphatic carbocycles. The summed E-state index contributed by atoms with van der Waals surface area (Å²) in [4.78, 5) is 0. The lowest BCUT2D eigenvalue weighted by Crippen LogP contribution is -2.30. The fourth-order valence-electron chi connectivity index (χ4n) is 0.890. The molecule has 0 amide bonds. The highest BCUT2D eigenvalue weighted by atomic mass is 16.3. The van der Waals surface area contributed by atoms with E-state index in [1.807, 2.05) is 13.0 Å². The van der Waals surface area contributed by atoms with Crippen molar-refractivity contribution in [2.24, 2.45) is 5.73 Å². The molecule has 0 aromatic carbocycles. The Bertz CT molecular complexity index is 121. The molecule has 0 aliphatic heterocycles. The van der Waals surface area contributed by atoms with Gasteiger partial charge in [0.1, 0.15) is 0 Å². The van der Waals surface area contributed by atoms with E-state index >= 15 is 0 Å². The van der Waals surface area contributed by atoms with Crippen molar-refractivity contribution in [2.75, 3.05) is 0 Å². The summed E-state index contributed by atoms with van der Waals surface area (Å²) < 4.78 is 0. The number of hydrogen-bond acceptors (Lipinski definition) is 2. The maximum absolute atomic E-state index is 9.31. The van der Waals surface area contributed by atoms with Crippen molar-refractivity contribution in [3.63, 3.8) is 0 Å². The predicted molar refractivity (Wildman–Crippen MR) is 52.9 cm³/mol. The molecule has 0 fully saturated rings. The summed E-state index contributed by atoms with van der Waals surface area (Å²) in [7, 11) is 0. The molecule has 0 rings (SSSR count). The van der Waals surface area contributed by atoms with Crippen LogP contribution in [-0.4, -0.2) is 17.3 Å². The fourth-order valence-corrected chi connectivity index (χ4v) is 0.890. The normalized spacial score (nSPS) is 16.7. The Labute approximate surface area is 75.5 Å². The maximum atomic E-state index is 9.31. The summed E-state index contributed by atoms with van der Waals surface area (Å²) >= 11 is 0. The van der Waals surface area contributed by atoms with Crippen molar-refractivity contribution >= 4 is 0 Å². The number of allylic oxidation sites excluding steroid dienone is 1. The molecule has 0 saturated heterocycles. The Morgan fingerprint density at radius 3 is 2.58 bits per heavy atom. The van der Waals surface area contributed by atoms with Crippen LogP contribution in [0.1, 0.15) is 39.5 Å². The lowest BCUT2D eigenvalue weighted by atomic mass is 10.1. The first-order valence-corrected chi connectivity index (χ1v) is 4.77. The van der Waals surface area contributed by atoms with Crippen LogP contribution in [0, 0.1) is 0 Å². The Kier molecular flexibility index (Phi) is 7.11. The Morgan fingerprint density at radius 2 is 2.08 bits per heavy atom. The Morgan fingerprint density at radius 1 is 1.42 bits per heavy atom. The van der Waals surface area contributed by atoms with Gasteiger partial charge >= 0.3 is 0 Å². The van der Waals surface area contributed by atoms with Gasteiger partial charge in [0.2, 0.25) is 0 Å². The van der Waals surface area contributed by atoms with Gasteiger partial charge in [0.25, 0.3) is 0 Å². The fraction of sp³-hybridized carbons (Fsp3) is 0.800. The van der Waals surface area contributed by atoms with Gasteiger partial charge in [0, 0.05) is 6.04 Å². The summed E-state index contributed by atoms with van der Waals surface area (Å²) in [5.74, 6) is 0. The van der Waals surface area contributed by atoms with Crippen molar-refractivity contribution in [1.29, 1.82) is 0 Å². The summed E-state index contributed by atoms with van der Waals surface area (Å²) in [6.07, 6.45) is 8.00.